The number of nitrogens with two attached hydrogens (primary N) is 1. The Bertz CT molecular complexity index is 575. The maximum atomic E-state index is 11.8. The van der Waals surface area contributed by atoms with Crippen molar-refractivity contribution in [1.82, 2.24) is 9.62 Å². The van der Waals surface area contributed by atoms with Crippen molar-refractivity contribution in [2.75, 3.05) is 14.1 Å². The molecule has 1 rings (SSSR count). The van der Waals surface area contributed by atoms with Gasteiger partial charge in [-0.25, -0.2) is 12.7 Å². The van der Waals surface area contributed by atoms with E-state index in [1.54, 1.807) is 6.07 Å². The molecule has 20 heavy (non-hydrogen) atoms. The Morgan fingerprint density at radius 1 is 1.40 bits per heavy atom. The standard InChI is InChI=1S/C12H21N3O4S/c1-12(2,7-10(13)16)14-8-9-5-6-11(19-9)20(17,18)15(3)4/h5-6,14H,7-8H2,1-4H3,(H2,13,16). The minimum absolute atomic E-state index is 0.105. The van der Waals surface area contributed by atoms with Crippen molar-refractivity contribution in [3.05, 3.63) is 17.9 Å². The van der Waals surface area contributed by atoms with Crippen LogP contribution in [-0.2, 0) is 21.4 Å². The molecule has 0 aliphatic rings. The summed E-state index contributed by atoms with van der Waals surface area (Å²) in [5.74, 6) is 0.0702. The van der Waals surface area contributed by atoms with Crippen LogP contribution in [0.3, 0.4) is 0 Å². The van der Waals surface area contributed by atoms with Crippen LogP contribution in [0, 0.1) is 0 Å². The number of amides is 1. The molecule has 0 aliphatic carbocycles. The van der Waals surface area contributed by atoms with Crippen molar-refractivity contribution in [2.24, 2.45) is 5.73 Å². The number of nitrogens with zero attached hydrogens (tertiary/aromatic N) is 1. The predicted molar refractivity (Wildman–Crippen MR) is 74.3 cm³/mol. The van der Waals surface area contributed by atoms with Crippen molar-refractivity contribution in [3.8, 4) is 0 Å². The van der Waals surface area contributed by atoms with E-state index in [4.69, 9.17) is 10.2 Å². The fourth-order valence-electron chi connectivity index (χ4n) is 1.60. The average molecular weight is 303 g/mol. The zero-order valence-electron chi connectivity index (χ0n) is 12.1. The van der Waals surface area contributed by atoms with E-state index in [0.29, 0.717) is 12.3 Å². The van der Waals surface area contributed by atoms with Gasteiger partial charge in [-0.3, -0.25) is 4.79 Å². The van der Waals surface area contributed by atoms with Crippen LogP contribution in [0.5, 0.6) is 0 Å². The van der Waals surface area contributed by atoms with Gasteiger partial charge in [0.15, 0.2) is 0 Å². The molecule has 0 saturated carbocycles. The fraction of sp³-hybridized carbons (Fsp3) is 0.583. The van der Waals surface area contributed by atoms with Crippen LogP contribution in [0.2, 0.25) is 0 Å². The number of nitrogens with one attached hydrogen (secondary N) is 1. The SMILES string of the molecule is CN(C)S(=O)(=O)c1ccc(CNC(C)(C)CC(N)=O)o1. The Hall–Kier alpha value is -1.38. The molecule has 0 fully saturated rings. The summed E-state index contributed by atoms with van der Waals surface area (Å²) < 4.78 is 30.1. The molecule has 7 nitrogen and oxygen atoms in total. The number of hydrogen-bond donors (Lipinski definition) is 2. The van der Waals surface area contributed by atoms with Gasteiger partial charge in [0.05, 0.1) is 6.54 Å². The molecule has 0 spiro atoms. The van der Waals surface area contributed by atoms with Gasteiger partial charge in [-0.2, -0.15) is 0 Å². The third-order valence-corrected chi connectivity index (χ3v) is 4.42. The maximum absolute atomic E-state index is 11.8. The van der Waals surface area contributed by atoms with E-state index in [1.807, 2.05) is 13.8 Å². The zero-order valence-corrected chi connectivity index (χ0v) is 13.0. The van der Waals surface area contributed by atoms with E-state index in [-0.39, 0.29) is 11.5 Å². The van der Waals surface area contributed by atoms with Gasteiger partial charge >= 0.3 is 0 Å². The van der Waals surface area contributed by atoms with Gasteiger partial charge in [0.2, 0.25) is 11.0 Å². The van der Waals surface area contributed by atoms with Crippen molar-refractivity contribution in [2.45, 2.75) is 37.4 Å². The number of primary amides is 1. The smallest absolute Gasteiger partial charge is 0.275 e. The summed E-state index contributed by atoms with van der Waals surface area (Å²) in [5, 5.41) is 2.99. The second-order valence-electron chi connectivity index (χ2n) is 5.39. The highest BCUT2D eigenvalue weighted by atomic mass is 32.2. The highest BCUT2D eigenvalue weighted by Crippen LogP contribution is 2.17. The molecule has 0 aliphatic heterocycles. The van der Waals surface area contributed by atoms with Gasteiger partial charge in [0, 0.05) is 26.1 Å². The highest BCUT2D eigenvalue weighted by molar-refractivity contribution is 7.88. The van der Waals surface area contributed by atoms with Gasteiger partial charge in [-0.05, 0) is 26.0 Å². The maximum Gasteiger partial charge on any atom is 0.275 e. The number of carbonyl (C=O) groups is 1. The Balaban J connectivity index is 2.73. The number of rotatable bonds is 7. The first-order chi connectivity index (χ1) is 9.04. The Morgan fingerprint density at radius 2 is 2.00 bits per heavy atom. The first-order valence-corrected chi connectivity index (χ1v) is 7.53. The van der Waals surface area contributed by atoms with Crippen LogP contribution < -0.4 is 11.1 Å². The van der Waals surface area contributed by atoms with E-state index in [2.05, 4.69) is 5.32 Å². The number of hydrogen-bond acceptors (Lipinski definition) is 5. The van der Waals surface area contributed by atoms with Crippen LogP contribution >= 0.6 is 0 Å². The van der Waals surface area contributed by atoms with E-state index in [0.717, 1.165) is 4.31 Å². The zero-order chi connectivity index (χ0) is 15.6. The monoisotopic (exact) mass is 303 g/mol. The molecule has 114 valence electrons. The third-order valence-electron chi connectivity index (χ3n) is 2.73. The molecule has 1 amide bonds. The first kappa shape index (κ1) is 16.7. The summed E-state index contributed by atoms with van der Waals surface area (Å²) in [6.07, 6.45) is 0.177. The Kier molecular flexibility index (Phi) is 4.95. The van der Waals surface area contributed by atoms with Gasteiger partial charge in [-0.1, -0.05) is 0 Å². The minimum Gasteiger partial charge on any atom is -0.447 e. The van der Waals surface area contributed by atoms with E-state index >= 15 is 0 Å². The van der Waals surface area contributed by atoms with Crippen LogP contribution in [0.15, 0.2) is 21.6 Å². The molecule has 0 saturated heterocycles. The summed E-state index contributed by atoms with van der Waals surface area (Å²) in [5.41, 5.74) is 4.67. The molecule has 3 N–H and O–H groups in total. The topological polar surface area (TPSA) is 106 Å². The van der Waals surface area contributed by atoms with Crippen molar-refractivity contribution < 1.29 is 17.6 Å². The van der Waals surface area contributed by atoms with Gasteiger partial charge in [0.25, 0.3) is 10.0 Å². The molecule has 1 aromatic heterocycles. The van der Waals surface area contributed by atoms with E-state index in [9.17, 15) is 13.2 Å². The van der Waals surface area contributed by atoms with E-state index < -0.39 is 21.5 Å². The predicted octanol–water partition coefficient (Wildman–Crippen LogP) is 0.274. The van der Waals surface area contributed by atoms with Crippen LogP contribution in [0.4, 0.5) is 0 Å². The molecule has 8 heteroatoms. The quantitative estimate of drug-likeness (QED) is 0.752. The lowest BCUT2D eigenvalue weighted by atomic mass is 10.0. The summed E-state index contributed by atoms with van der Waals surface area (Å²) in [7, 11) is -0.692. The van der Waals surface area contributed by atoms with Crippen LogP contribution in [0.1, 0.15) is 26.0 Å². The van der Waals surface area contributed by atoms with Crippen LogP contribution in [-0.4, -0.2) is 38.3 Å². The molecule has 1 heterocycles. The van der Waals surface area contributed by atoms with Crippen molar-refractivity contribution in [3.63, 3.8) is 0 Å². The number of sulfonamides is 1. The molecule has 0 atom stereocenters. The lowest BCUT2D eigenvalue weighted by molar-refractivity contribution is -0.119. The highest BCUT2D eigenvalue weighted by Gasteiger charge is 2.23. The van der Waals surface area contributed by atoms with Crippen LogP contribution in [0.25, 0.3) is 0 Å². The molecule has 1 aromatic rings. The summed E-state index contributed by atoms with van der Waals surface area (Å²) >= 11 is 0. The van der Waals surface area contributed by atoms with E-state index in [1.165, 1.54) is 20.2 Å². The molecule has 0 bridgehead atoms. The summed E-state index contributed by atoms with van der Waals surface area (Å²) in [6, 6.07) is 3.00. The molecular weight excluding hydrogens is 282 g/mol. The largest absolute Gasteiger partial charge is 0.447 e. The van der Waals surface area contributed by atoms with Gasteiger partial charge in [-0.15, -0.1) is 0 Å². The third kappa shape index (κ3) is 4.32. The molecule has 0 unspecified atom stereocenters. The second kappa shape index (κ2) is 5.94. The minimum atomic E-state index is -3.56. The van der Waals surface area contributed by atoms with Crippen molar-refractivity contribution >= 4 is 15.9 Å². The molecule has 0 radical (unpaired) electrons. The summed E-state index contributed by atoms with van der Waals surface area (Å²) in [4.78, 5) is 10.9. The molecular formula is C12H21N3O4S. The lowest BCUT2D eigenvalue weighted by Crippen LogP contribution is -2.42. The Morgan fingerprint density at radius 3 is 2.50 bits per heavy atom. The molecule has 0 aromatic carbocycles. The Labute approximate surface area is 119 Å². The van der Waals surface area contributed by atoms with Gasteiger partial charge in [0.1, 0.15) is 5.76 Å². The lowest BCUT2D eigenvalue weighted by Gasteiger charge is -2.24. The second-order valence-corrected chi connectivity index (χ2v) is 7.47. The fourth-order valence-corrected chi connectivity index (χ4v) is 2.41. The number of furan rings is 1. The first-order valence-electron chi connectivity index (χ1n) is 6.09. The number of carbonyl (C=O) groups excluding carboxylic acids is 1. The summed E-state index contributed by atoms with van der Waals surface area (Å²) in [6.45, 7) is 3.97. The van der Waals surface area contributed by atoms with Crippen molar-refractivity contribution in [1.29, 1.82) is 0 Å². The average Bonchev–Trinajstić information content (AvgIpc) is 2.73. The normalized spacial score (nSPS) is 12.8. The van der Waals surface area contributed by atoms with Gasteiger partial charge < -0.3 is 15.5 Å².